The van der Waals surface area contributed by atoms with Crippen molar-refractivity contribution in [2.75, 3.05) is 16.8 Å². The summed E-state index contributed by atoms with van der Waals surface area (Å²) >= 11 is 0. The fourth-order valence-electron chi connectivity index (χ4n) is 2.49. The van der Waals surface area contributed by atoms with Gasteiger partial charge in [0.25, 0.3) is 10.1 Å². The highest BCUT2D eigenvalue weighted by atomic mass is 32.2. The van der Waals surface area contributed by atoms with Gasteiger partial charge in [-0.25, -0.2) is 0 Å². The van der Waals surface area contributed by atoms with Gasteiger partial charge in [-0.1, -0.05) is 30.3 Å². The van der Waals surface area contributed by atoms with Gasteiger partial charge in [-0.2, -0.15) is 8.42 Å². The van der Waals surface area contributed by atoms with Crippen LogP contribution in [0.1, 0.15) is 0 Å². The zero-order valence-electron chi connectivity index (χ0n) is 12.0. The molecule has 0 heterocycles. The van der Waals surface area contributed by atoms with E-state index in [0.717, 1.165) is 5.39 Å². The first-order valence-corrected chi connectivity index (χ1v) is 8.21. The predicted octanol–water partition coefficient (Wildman–Crippen LogP) is 2.99. The first-order chi connectivity index (χ1) is 10.8. The number of benzene rings is 3. The van der Waals surface area contributed by atoms with Crippen LogP contribution in [0.4, 0.5) is 22.7 Å². The Labute approximate surface area is 133 Å². The van der Waals surface area contributed by atoms with E-state index in [-0.39, 0.29) is 10.6 Å². The molecule has 7 heteroatoms. The van der Waals surface area contributed by atoms with E-state index in [4.69, 9.17) is 11.5 Å². The Morgan fingerprint density at radius 2 is 1.57 bits per heavy atom. The van der Waals surface area contributed by atoms with Crippen molar-refractivity contribution in [1.82, 2.24) is 0 Å². The van der Waals surface area contributed by atoms with E-state index in [0.29, 0.717) is 22.4 Å². The van der Waals surface area contributed by atoms with Gasteiger partial charge in [0, 0.05) is 22.4 Å². The Morgan fingerprint density at radius 3 is 2.22 bits per heavy atom. The Balaban J connectivity index is 2.25. The van der Waals surface area contributed by atoms with Crippen LogP contribution in [0.15, 0.2) is 59.5 Å². The van der Waals surface area contributed by atoms with Crippen LogP contribution >= 0.6 is 0 Å². The average molecular weight is 329 g/mol. The number of hydrogen-bond acceptors (Lipinski definition) is 5. The lowest BCUT2D eigenvalue weighted by molar-refractivity contribution is 0.483. The van der Waals surface area contributed by atoms with Crippen molar-refractivity contribution in [3.05, 3.63) is 54.6 Å². The monoisotopic (exact) mass is 329 g/mol. The number of hydrogen-bond donors (Lipinski definition) is 4. The summed E-state index contributed by atoms with van der Waals surface area (Å²) in [6, 6.07) is 15.1. The van der Waals surface area contributed by atoms with Crippen LogP contribution in [-0.2, 0) is 10.1 Å². The Bertz CT molecular complexity index is 980. The number of nitrogens with two attached hydrogens (primary N) is 2. The maximum atomic E-state index is 11.7. The van der Waals surface area contributed by atoms with E-state index in [1.54, 1.807) is 36.4 Å². The minimum Gasteiger partial charge on any atom is -0.399 e. The molecule has 23 heavy (non-hydrogen) atoms. The average Bonchev–Trinajstić information content (AvgIpc) is 2.45. The topological polar surface area (TPSA) is 118 Å². The number of nitrogen functional groups attached to an aromatic ring is 2. The highest BCUT2D eigenvalue weighted by molar-refractivity contribution is 7.86. The van der Waals surface area contributed by atoms with E-state index < -0.39 is 10.1 Å². The molecule has 0 bridgehead atoms. The Hall–Kier alpha value is -2.77. The summed E-state index contributed by atoms with van der Waals surface area (Å²) in [7, 11) is -4.39. The highest BCUT2D eigenvalue weighted by Crippen LogP contribution is 2.34. The predicted molar refractivity (Wildman–Crippen MR) is 92.3 cm³/mol. The lowest BCUT2D eigenvalue weighted by Crippen LogP contribution is -2.04. The van der Waals surface area contributed by atoms with Crippen molar-refractivity contribution in [3.8, 4) is 0 Å². The van der Waals surface area contributed by atoms with Crippen molar-refractivity contribution in [1.29, 1.82) is 0 Å². The van der Waals surface area contributed by atoms with E-state index in [1.807, 2.05) is 12.1 Å². The van der Waals surface area contributed by atoms with Crippen LogP contribution in [0.3, 0.4) is 0 Å². The molecule has 0 aliphatic carbocycles. The molecule has 0 saturated carbocycles. The number of rotatable bonds is 3. The van der Waals surface area contributed by atoms with E-state index in [9.17, 15) is 13.0 Å². The lowest BCUT2D eigenvalue weighted by atomic mass is 10.1. The molecule has 118 valence electrons. The smallest absolute Gasteiger partial charge is 0.296 e. The third kappa shape index (κ3) is 3.05. The molecule has 3 aromatic carbocycles. The molecular formula is C16H15N3O3S. The molecule has 3 rings (SSSR count). The van der Waals surface area contributed by atoms with Gasteiger partial charge in [-0.15, -0.1) is 0 Å². The van der Waals surface area contributed by atoms with Gasteiger partial charge in [0.05, 0.1) is 5.69 Å². The SMILES string of the molecule is Nc1cc(N)cc(Nc2c(S(=O)(=O)O)ccc3ccccc23)c1. The van der Waals surface area contributed by atoms with Gasteiger partial charge in [0.2, 0.25) is 0 Å². The summed E-state index contributed by atoms with van der Waals surface area (Å²) in [6.45, 7) is 0. The molecule has 0 aromatic heterocycles. The van der Waals surface area contributed by atoms with Gasteiger partial charge in [0.1, 0.15) is 4.90 Å². The molecule has 6 nitrogen and oxygen atoms in total. The normalized spacial score (nSPS) is 11.5. The van der Waals surface area contributed by atoms with Crippen molar-refractivity contribution >= 4 is 43.6 Å². The van der Waals surface area contributed by atoms with Crippen molar-refractivity contribution < 1.29 is 13.0 Å². The van der Waals surface area contributed by atoms with Gasteiger partial charge in [-0.05, 0) is 29.7 Å². The Morgan fingerprint density at radius 1 is 0.913 bits per heavy atom. The standard InChI is InChI=1S/C16H15N3O3S/c17-11-7-12(18)9-13(8-11)19-16-14-4-2-1-3-10(14)5-6-15(16)23(20,21)22/h1-9,19H,17-18H2,(H,20,21,22). The number of anilines is 4. The first kappa shape index (κ1) is 15.1. The first-order valence-electron chi connectivity index (χ1n) is 6.77. The van der Waals surface area contributed by atoms with Crippen molar-refractivity contribution in [2.24, 2.45) is 0 Å². The zero-order chi connectivity index (χ0) is 16.6. The zero-order valence-corrected chi connectivity index (χ0v) is 12.8. The quantitative estimate of drug-likeness (QED) is 0.433. The summed E-state index contributed by atoms with van der Waals surface area (Å²) in [5.74, 6) is 0. The molecule has 0 aliphatic heterocycles. The number of fused-ring (bicyclic) bond motifs is 1. The van der Waals surface area contributed by atoms with E-state index in [2.05, 4.69) is 5.32 Å². The molecule has 0 radical (unpaired) electrons. The maximum Gasteiger partial charge on any atom is 0.296 e. The maximum absolute atomic E-state index is 11.7. The van der Waals surface area contributed by atoms with Crippen LogP contribution in [-0.4, -0.2) is 13.0 Å². The molecule has 0 amide bonds. The van der Waals surface area contributed by atoms with Gasteiger partial charge < -0.3 is 16.8 Å². The summed E-state index contributed by atoms with van der Waals surface area (Å²) in [4.78, 5) is -0.211. The van der Waals surface area contributed by atoms with Gasteiger partial charge in [-0.3, -0.25) is 4.55 Å². The van der Waals surface area contributed by atoms with Crippen molar-refractivity contribution in [2.45, 2.75) is 4.90 Å². The molecule has 3 aromatic rings. The second-order valence-electron chi connectivity index (χ2n) is 5.15. The lowest BCUT2D eigenvalue weighted by Gasteiger charge is -2.14. The van der Waals surface area contributed by atoms with Gasteiger partial charge >= 0.3 is 0 Å². The molecule has 6 N–H and O–H groups in total. The van der Waals surface area contributed by atoms with Crippen LogP contribution in [0.25, 0.3) is 10.8 Å². The van der Waals surface area contributed by atoms with Crippen molar-refractivity contribution in [3.63, 3.8) is 0 Å². The summed E-state index contributed by atoms with van der Waals surface area (Å²) < 4.78 is 32.9. The largest absolute Gasteiger partial charge is 0.399 e. The molecule has 0 aliphatic rings. The second-order valence-corrected chi connectivity index (χ2v) is 6.54. The third-order valence-corrected chi connectivity index (χ3v) is 4.31. The van der Waals surface area contributed by atoms with Crippen LogP contribution in [0, 0.1) is 0 Å². The highest BCUT2D eigenvalue weighted by Gasteiger charge is 2.18. The molecule has 0 unspecified atom stereocenters. The van der Waals surface area contributed by atoms with Crippen LogP contribution in [0.5, 0.6) is 0 Å². The molecule has 0 fully saturated rings. The van der Waals surface area contributed by atoms with E-state index >= 15 is 0 Å². The molecule has 0 atom stereocenters. The van der Waals surface area contributed by atoms with Gasteiger partial charge in [0.15, 0.2) is 0 Å². The molecule has 0 saturated heterocycles. The second kappa shape index (κ2) is 5.45. The summed E-state index contributed by atoms with van der Waals surface area (Å²) in [5.41, 5.74) is 13.2. The minimum atomic E-state index is -4.39. The third-order valence-electron chi connectivity index (χ3n) is 3.42. The van der Waals surface area contributed by atoms with Crippen LogP contribution < -0.4 is 16.8 Å². The molecular weight excluding hydrogens is 314 g/mol. The van der Waals surface area contributed by atoms with E-state index in [1.165, 1.54) is 6.07 Å². The fourth-order valence-corrected chi connectivity index (χ4v) is 3.15. The fraction of sp³-hybridized carbons (Fsp3) is 0. The summed E-state index contributed by atoms with van der Waals surface area (Å²) in [6.07, 6.45) is 0. The molecule has 0 spiro atoms. The Kier molecular flexibility index (Phi) is 3.59. The number of nitrogens with one attached hydrogen (secondary N) is 1. The summed E-state index contributed by atoms with van der Waals surface area (Å²) in [5, 5.41) is 4.49. The minimum absolute atomic E-state index is 0.211. The van der Waals surface area contributed by atoms with Crippen LogP contribution in [0.2, 0.25) is 0 Å².